The summed E-state index contributed by atoms with van der Waals surface area (Å²) < 4.78 is 8.96. The van der Waals surface area contributed by atoms with Crippen molar-refractivity contribution in [1.29, 1.82) is 0 Å². The maximum Gasteiger partial charge on any atom is 0.334 e. The van der Waals surface area contributed by atoms with E-state index in [9.17, 15) is 14.7 Å². The van der Waals surface area contributed by atoms with Gasteiger partial charge in [-0.05, 0) is 55.0 Å². The Bertz CT molecular complexity index is 1440. The number of fused-ring (bicyclic) bond motifs is 1. The summed E-state index contributed by atoms with van der Waals surface area (Å²) in [5, 5.41) is 10.4. The highest BCUT2D eigenvalue weighted by Gasteiger charge is 2.32. The summed E-state index contributed by atoms with van der Waals surface area (Å²) in [6.07, 6.45) is 2.31. The molecule has 0 bridgehead atoms. The monoisotopic (exact) mass is 471 g/mol. The molecule has 1 unspecified atom stereocenters. The van der Waals surface area contributed by atoms with Gasteiger partial charge in [0.05, 0.1) is 23.3 Å². The predicted molar refractivity (Wildman–Crippen MR) is 133 cm³/mol. The average Bonchev–Trinajstić information content (AvgIpc) is 3.17. The van der Waals surface area contributed by atoms with Crippen LogP contribution in [0.1, 0.15) is 12.5 Å². The van der Waals surface area contributed by atoms with E-state index < -0.39 is 12.1 Å². The number of carbonyl (C=O) groups is 1. The number of piperidine rings is 1. The van der Waals surface area contributed by atoms with E-state index in [2.05, 4.69) is 11.6 Å². The van der Waals surface area contributed by atoms with Crippen LogP contribution in [-0.4, -0.2) is 49.2 Å². The van der Waals surface area contributed by atoms with E-state index >= 15 is 0 Å². The van der Waals surface area contributed by atoms with Crippen molar-refractivity contribution in [2.45, 2.75) is 18.6 Å². The first-order valence-corrected chi connectivity index (χ1v) is 11.3. The molecule has 9 heteroatoms. The number of pyridine rings is 1. The van der Waals surface area contributed by atoms with Crippen LogP contribution in [0.2, 0.25) is 0 Å². The zero-order valence-corrected chi connectivity index (χ0v) is 18.9. The molecule has 0 saturated carbocycles. The Morgan fingerprint density at radius 1 is 1.09 bits per heavy atom. The first kappa shape index (κ1) is 22.4. The minimum absolute atomic E-state index is 0.196. The van der Waals surface area contributed by atoms with E-state index in [1.807, 2.05) is 30.3 Å². The van der Waals surface area contributed by atoms with Gasteiger partial charge in [0.15, 0.2) is 0 Å². The summed E-state index contributed by atoms with van der Waals surface area (Å²) >= 11 is 0. The maximum absolute atomic E-state index is 13.8. The van der Waals surface area contributed by atoms with E-state index in [-0.39, 0.29) is 30.5 Å². The number of likely N-dealkylation sites (tertiary alicyclic amines) is 1. The Morgan fingerprint density at radius 3 is 2.51 bits per heavy atom. The Labute approximate surface area is 201 Å². The molecule has 1 fully saturated rings. The number of anilines is 1. The van der Waals surface area contributed by atoms with Crippen molar-refractivity contribution < 1.29 is 14.6 Å². The van der Waals surface area contributed by atoms with Crippen molar-refractivity contribution in [3.05, 3.63) is 90.0 Å². The molecule has 0 spiro atoms. The van der Waals surface area contributed by atoms with Gasteiger partial charge >= 0.3 is 5.69 Å². The molecular formula is C26H25N5O4. The van der Waals surface area contributed by atoms with Crippen molar-refractivity contribution in [3.8, 4) is 17.2 Å². The van der Waals surface area contributed by atoms with Crippen LogP contribution < -0.4 is 16.2 Å². The van der Waals surface area contributed by atoms with E-state index in [1.165, 1.54) is 15.5 Å². The summed E-state index contributed by atoms with van der Waals surface area (Å²) in [6.45, 7) is 4.00. The topological polar surface area (TPSA) is 116 Å². The van der Waals surface area contributed by atoms with Crippen LogP contribution in [0.3, 0.4) is 0 Å². The Kier molecular flexibility index (Phi) is 5.84. The highest BCUT2D eigenvalue weighted by Crippen LogP contribution is 2.29. The molecule has 9 nitrogen and oxygen atoms in total. The van der Waals surface area contributed by atoms with Crippen LogP contribution in [-0.2, 0) is 4.79 Å². The normalized spacial score (nSPS) is 17.9. The molecule has 2 aromatic carbocycles. The number of para-hydroxylation sites is 1. The average molecular weight is 472 g/mol. The third-order valence-corrected chi connectivity index (χ3v) is 6.14. The first-order chi connectivity index (χ1) is 17.0. The predicted octanol–water partition coefficient (Wildman–Crippen LogP) is 2.88. The van der Waals surface area contributed by atoms with Crippen molar-refractivity contribution in [1.82, 2.24) is 19.0 Å². The molecule has 1 amide bonds. The molecule has 2 aromatic heterocycles. The molecule has 3 N–H and O–H groups in total. The highest BCUT2D eigenvalue weighted by atomic mass is 16.5. The first-order valence-electron chi connectivity index (χ1n) is 11.3. The van der Waals surface area contributed by atoms with Gasteiger partial charge in [-0.3, -0.25) is 13.9 Å². The SMILES string of the molecule is C=CC(=O)N1CC(n2c(=O)n(-c3ccc(Oc4ccccc4)cc3)c3c(N)nccc32)C[C@@H](O)C1. The summed E-state index contributed by atoms with van der Waals surface area (Å²) in [6, 6.07) is 17.8. The number of aliphatic hydroxyl groups is 1. The standard InChI is InChI=1S/C26H25N5O4/c1-2-23(33)29-15-18(14-19(32)16-29)30-22-12-13-28-25(27)24(22)31(26(30)34)17-8-10-21(11-9-17)35-20-6-4-3-5-7-20/h2-13,18-19,32H,1,14-16H2,(H2,27,28)/t18?,19-/m1/s1. The number of nitrogen functional groups attached to an aromatic ring is 1. The van der Waals surface area contributed by atoms with Gasteiger partial charge < -0.3 is 20.5 Å². The second kappa shape index (κ2) is 9.11. The van der Waals surface area contributed by atoms with Gasteiger partial charge in [-0.1, -0.05) is 24.8 Å². The van der Waals surface area contributed by atoms with Gasteiger partial charge in [0, 0.05) is 19.3 Å². The zero-order chi connectivity index (χ0) is 24.5. The van der Waals surface area contributed by atoms with Crippen molar-refractivity contribution >= 4 is 22.8 Å². The van der Waals surface area contributed by atoms with E-state index in [4.69, 9.17) is 10.5 Å². The molecule has 1 saturated heterocycles. The van der Waals surface area contributed by atoms with Crippen molar-refractivity contribution in [2.75, 3.05) is 18.8 Å². The van der Waals surface area contributed by atoms with Gasteiger partial charge in [0.25, 0.3) is 0 Å². The van der Waals surface area contributed by atoms with E-state index in [1.54, 1.807) is 41.1 Å². The van der Waals surface area contributed by atoms with Crippen LogP contribution in [0.25, 0.3) is 16.7 Å². The summed E-state index contributed by atoms with van der Waals surface area (Å²) in [4.78, 5) is 31.7. The van der Waals surface area contributed by atoms with Gasteiger partial charge in [0.1, 0.15) is 22.8 Å². The Morgan fingerprint density at radius 2 is 1.80 bits per heavy atom. The third kappa shape index (κ3) is 4.17. The number of nitrogens with two attached hydrogens (primary N) is 1. The minimum atomic E-state index is -0.767. The number of amides is 1. The molecule has 35 heavy (non-hydrogen) atoms. The fraction of sp³-hybridized carbons (Fsp3) is 0.192. The van der Waals surface area contributed by atoms with E-state index in [0.29, 0.717) is 34.6 Å². The van der Waals surface area contributed by atoms with Gasteiger partial charge in [0.2, 0.25) is 5.91 Å². The zero-order valence-electron chi connectivity index (χ0n) is 18.9. The number of ether oxygens (including phenoxy) is 1. The van der Waals surface area contributed by atoms with Gasteiger partial charge in [-0.25, -0.2) is 9.78 Å². The number of benzene rings is 2. The fourth-order valence-electron chi connectivity index (χ4n) is 4.61. The molecule has 4 aromatic rings. The van der Waals surface area contributed by atoms with E-state index in [0.717, 1.165) is 0 Å². The number of imidazole rings is 1. The second-order valence-electron chi connectivity index (χ2n) is 8.45. The smallest absolute Gasteiger partial charge is 0.334 e. The van der Waals surface area contributed by atoms with Crippen LogP contribution >= 0.6 is 0 Å². The van der Waals surface area contributed by atoms with Crippen molar-refractivity contribution in [2.24, 2.45) is 0 Å². The quantitative estimate of drug-likeness (QED) is 0.433. The summed E-state index contributed by atoms with van der Waals surface area (Å²) in [5.41, 5.74) is 7.54. The number of β-amino-alcohol motifs (C(OH)–C–C–N with tert-alkyl or cyclic N) is 1. The number of carbonyl (C=O) groups excluding carboxylic acids is 1. The lowest BCUT2D eigenvalue weighted by Crippen LogP contribution is -2.47. The van der Waals surface area contributed by atoms with Crippen LogP contribution in [0.15, 0.2) is 84.3 Å². The molecule has 0 aliphatic carbocycles. The lowest BCUT2D eigenvalue weighted by atomic mass is 10.0. The van der Waals surface area contributed by atoms with Gasteiger partial charge in [-0.2, -0.15) is 0 Å². The minimum Gasteiger partial charge on any atom is -0.457 e. The molecule has 1 aliphatic heterocycles. The van der Waals surface area contributed by atoms with Crippen LogP contribution in [0, 0.1) is 0 Å². The molecule has 178 valence electrons. The third-order valence-electron chi connectivity index (χ3n) is 6.14. The Balaban J connectivity index is 1.57. The molecular weight excluding hydrogens is 446 g/mol. The number of nitrogens with zero attached hydrogens (tertiary/aromatic N) is 4. The molecule has 0 radical (unpaired) electrons. The number of aromatic nitrogens is 3. The molecule has 1 aliphatic rings. The number of hydrogen-bond acceptors (Lipinski definition) is 6. The molecule has 5 rings (SSSR count). The number of hydrogen-bond donors (Lipinski definition) is 2. The highest BCUT2D eigenvalue weighted by molar-refractivity contribution is 5.88. The van der Waals surface area contributed by atoms with Crippen LogP contribution in [0.4, 0.5) is 5.82 Å². The lowest BCUT2D eigenvalue weighted by molar-refractivity contribution is -0.130. The largest absolute Gasteiger partial charge is 0.457 e. The maximum atomic E-state index is 13.8. The van der Waals surface area contributed by atoms with Crippen molar-refractivity contribution in [3.63, 3.8) is 0 Å². The number of aliphatic hydroxyl groups excluding tert-OH is 1. The fourth-order valence-corrected chi connectivity index (χ4v) is 4.61. The summed E-state index contributed by atoms with van der Waals surface area (Å²) in [5.74, 6) is 1.24. The van der Waals surface area contributed by atoms with Crippen LogP contribution in [0.5, 0.6) is 11.5 Å². The Hall–Kier alpha value is -4.37. The van der Waals surface area contributed by atoms with Gasteiger partial charge in [-0.15, -0.1) is 0 Å². The second-order valence-corrected chi connectivity index (χ2v) is 8.45. The summed E-state index contributed by atoms with van der Waals surface area (Å²) in [7, 11) is 0. The molecule has 3 heterocycles. The molecule has 2 atom stereocenters. The number of rotatable bonds is 5. The lowest BCUT2D eigenvalue weighted by Gasteiger charge is -2.35.